The van der Waals surface area contributed by atoms with Crippen molar-refractivity contribution in [3.8, 4) is 5.75 Å². The monoisotopic (exact) mass is 361 g/mol. The molecule has 9 heteroatoms. The number of amides is 2. The fourth-order valence-corrected chi connectivity index (χ4v) is 1.99. The highest BCUT2D eigenvalue weighted by atomic mass is 19.1. The molecule has 2 aromatic rings. The number of likely N-dealkylation sites (N-methyl/N-ethyl adjacent to an activating group) is 1. The van der Waals surface area contributed by atoms with Crippen molar-refractivity contribution in [2.75, 3.05) is 25.5 Å². The number of non-ortho nitro benzene ring substituents is 1. The van der Waals surface area contributed by atoms with E-state index in [0.717, 1.165) is 11.0 Å². The van der Waals surface area contributed by atoms with E-state index in [1.165, 1.54) is 49.5 Å². The summed E-state index contributed by atoms with van der Waals surface area (Å²) in [4.78, 5) is 35.0. The van der Waals surface area contributed by atoms with Gasteiger partial charge in [-0.2, -0.15) is 0 Å². The number of benzene rings is 2. The van der Waals surface area contributed by atoms with Crippen molar-refractivity contribution >= 4 is 23.2 Å². The van der Waals surface area contributed by atoms with Crippen molar-refractivity contribution in [1.29, 1.82) is 0 Å². The summed E-state index contributed by atoms with van der Waals surface area (Å²) in [6.45, 7) is -0.569. The quantitative estimate of drug-likeness (QED) is 0.602. The van der Waals surface area contributed by atoms with E-state index in [9.17, 15) is 24.1 Å². The maximum atomic E-state index is 13.1. The molecule has 0 saturated carbocycles. The Bertz CT molecular complexity index is 810. The number of ether oxygens (including phenoxy) is 1. The van der Waals surface area contributed by atoms with Crippen LogP contribution in [0.15, 0.2) is 48.5 Å². The van der Waals surface area contributed by atoms with Gasteiger partial charge in [-0.1, -0.05) is 6.07 Å². The first-order valence-corrected chi connectivity index (χ1v) is 7.52. The predicted molar refractivity (Wildman–Crippen MR) is 91.3 cm³/mol. The lowest BCUT2D eigenvalue weighted by Gasteiger charge is -2.17. The van der Waals surface area contributed by atoms with Gasteiger partial charge in [0.05, 0.1) is 11.5 Å². The molecule has 0 heterocycles. The van der Waals surface area contributed by atoms with Crippen LogP contribution in [0, 0.1) is 15.9 Å². The van der Waals surface area contributed by atoms with Gasteiger partial charge < -0.3 is 15.0 Å². The summed E-state index contributed by atoms with van der Waals surface area (Å²) in [5.41, 5.74) is 0.202. The number of halogens is 1. The molecule has 2 rings (SSSR count). The molecule has 26 heavy (non-hydrogen) atoms. The van der Waals surface area contributed by atoms with Crippen LogP contribution in [0.4, 0.5) is 15.8 Å². The van der Waals surface area contributed by atoms with Gasteiger partial charge in [-0.3, -0.25) is 19.7 Å². The first kappa shape index (κ1) is 18.8. The lowest BCUT2D eigenvalue weighted by Crippen LogP contribution is -2.37. The SMILES string of the molecule is CN(CC(=O)Nc1cccc(F)c1)C(=O)COc1ccc([N+](=O)[O-])cc1. The molecule has 0 bridgehead atoms. The van der Waals surface area contributed by atoms with Gasteiger partial charge in [0.15, 0.2) is 6.61 Å². The van der Waals surface area contributed by atoms with Gasteiger partial charge in [-0.15, -0.1) is 0 Å². The third-order valence-corrected chi connectivity index (χ3v) is 3.32. The van der Waals surface area contributed by atoms with Gasteiger partial charge in [0.25, 0.3) is 11.6 Å². The Morgan fingerprint density at radius 2 is 1.92 bits per heavy atom. The molecule has 136 valence electrons. The second kappa shape index (κ2) is 8.56. The molecule has 0 aliphatic rings. The highest BCUT2D eigenvalue weighted by Gasteiger charge is 2.14. The van der Waals surface area contributed by atoms with Crippen LogP contribution in [0.25, 0.3) is 0 Å². The first-order chi connectivity index (χ1) is 12.3. The second-order valence-corrected chi connectivity index (χ2v) is 5.35. The summed E-state index contributed by atoms with van der Waals surface area (Å²) in [5, 5.41) is 13.0. The van der Waals surface area contributed by atoms with Crippen molar-refractivity contribution in [2.24, 2.45) is 0 Å². The minimum absolute atomic E-state index is 0.0881. The van der Waals surface area contributed by atoms with E-state index in [-0.39, 0.29) is 24.5 Å². The Morgan fingerprint density at radius 1 is 1.23 bits per heavy atom. The molecule has 2 aromatic carbocycles. The van der Waals surface area contributed by atoms with Crippen LogP contribution in [-0.2, 0) is 9.59 Å². The molecule has 0 aromatic heterocycles. The van der Waals surface area contributed by atoms with E-state index in [4.69, 9.17) is 4.74 Å². The predicted octanol–water partition coefficient (Wildman–Crippen LogP) is 2.21. The van der Waals surface area contributed by atoms with E-state index in [1.54, 1.807) is 0 Å². The second-order valence-electron chi connectivity index (χ2n) is 5.35. The van der Waals surface area contributed by atoms with Gasteiger partial charge >= 0.3 is 0 Å². The van der Waals surface area contributed by atoms with E-state index in [0.29, 0.717) is 5.75 Å². The van der Waals surface area contributed by atoms with Crippen LogP contribution >= 0.6 is 0 Å². The number of anilines is 1. The fraction of sp³-hybridized carbons (Fsp3) is 0.176. The molecular weight excluding hydrogens is 345 g/mol. The van der Waals surface area contributed by atoms with E-state index >= 15 is 0 Å². The standard InChI is InChI=1S/C17H16FN3O5/c1-20(10-16(22)19-13-4-2-3-12(18)9-13)17(23)11-26-15-7-5-14(6-8-15)21(24)25/h2-9H,10-11H2,1H3,(H,19,22). The van der Waals surface area contributed by atoms with Crippen molar-refractivity contribution in [1.82, 2.24) is 4.90 Å². The van der Waals surface area contributed by atoms with E-state index in [2.05, 4.69) is 5.32 Å². The summed E-state index contributed by atoms with van der Waals surface area (Å²) in [6, 6.07) is 10.7. The molecule has 0 spiro atoms. The molecule has 1 N–H and O–H groups in total. The maximum Gasteiger partial charge on any atom is 0.269 e. The van der Waals surface area contributed by atoms with Crippen LogP contribution in [0.3, 0.4) is 0 Å². The minimum Gasteiger partial charge on any atom is -0.484 e. The summed E-state index contributed by atoms with van der Waals surface area (Å²) < 4.78 is 18.3. The Hall–Kier alpha value is -3.49. The number of nitrogens with zero attached hydrogens (tertiary/aromatic N) is 2. The lowest BCUT2D eigenvalue weighted by atomic mass is 10.3. The number of nitrogens with one attached hydrogen (secondary N) is 1. The third-order valence-electron chi connectivity index (χ3n) is 3.32. The molecule has 0 radical (unpaired) electrons. The summed E-state index contributed by atoms with van der Waals surface area (Å²) in [5.74, 6) is -1.13. The van der Waals surface area contributed by atoms with Crippen molar-refractivity contribution in [2.45, 2.75) is 0 Å². The van der Waals surface area contributed by atoms with Gasteiger partial charge in [-0.25, -0.2) is 4.39 Å². The van der Waals surface area contributed by atoms with Gasteiger partial charge in [0.1, 0.15) is 11.6 Å². The Kier molecular flexibility index (Phi) is 6.20. The van der Waals surface area contributed by atoms with Crippen molar-refractivity contribution < 1.29 is 23.6 Å². The molecule has 0 unspecified atom stereocenters. The fourth-order valence-electron chi connectivity index (χ4n) is 1.99. The molecule has 0 aliphatic heterocycles. The van der Waals surface area contributed by atoms with E-state index < -0.39 is 22.6 Å². The molecule has 8 nitrogen and oxygen atoms in total. The zero-order chi connectivity index (χ0) is 19.1. The van der Waals surface area contributed by atoms with Crippen molar-refractivity contribution in [3.05, 3.63) is 64.5 Å². The molecule has 0 atom stereocenters. The highest BCUT2D eigenvalue weighted by Crippen LogP contribution is 2.17. The molecule has 2 amide bonds. The van der Waals surface area contributed by atoms with Crippen LogP contribution < -0.4 is 10.1 Å². The summed E-state index contributed by atoms with van der Waals surface area (Å²) in [6.07, 6.45) is 0. The third kappa shape index (κ3) is 5.55. The Balaban J connectivity index is 1.81. The highest BCUT2D eigenvalue weighted by molar-refractivity contribution is 5.94. The van der Waals surface area contributed by atoms with E-state index in [1.807, 2.05) is 0 Å². The lowest BCUT2D eigenvalue weighted by molar-refractivity contribution is -0.384. The average molecular weight is 361 g/mol. The Morgan fingerprint density at radius 3 is 2.54 bits per heavy atom. The Labute approximate surface area is 148 Å². The number of hydrogen-bond donors (Lipinski definition) is 1. The zero-order valence-corrected chi connectivity index (χ0v) is 13.8. The molecule has 0 saturated heterocycles. The molecule has 0 aliphatic carbocycles. The van der Waals surface area contributed by atoms with Gasteiger partial charge in [-0.05, 0) is 30.3 Å². The molecule has 0 fully saturated rings. The minimum atomic E-state index is -0.542. The number of carbonyl (C=O) groups is 2. The average Bonchev–Trinajstić information content (AvgIpc) is 2.59. The maximum absolute atomic E-state index is 13.1. The summed E-state index contributed by atoms with van der Waals surface area (Å²) >= 11 is 0. The number of nitro benzene ring substituents is 1. The number of nitro groups is 1. The van der Waals surface area contributed by atoms with Crippen LogP contribution in [0.1, 0.15) is 0 Å². The first-order valence-electron chi connectivity index (χ1n) is 7.52. The van der Waals surface area contributed by atoms with Crippen molar-refractivity contribution in [3.63, 3.8) is 0 Å². The zero-order valence-electron chi connectivity index (χ0n) is 13.8. The topological polar surface area (TPSA) is 102 Å². The normalized spacial score (nSPS) is 10.1. The largest absolute Gasteiger partial charge is 0.484 e. The smallest absolute Gasteiger partial charge is 0.269 e. The number of rotatable bonds is 7. The number of hydrogen-bond acceptors (Lipinski definition) is 5. The van der Waals surface area contributed by atoms with Gasteiger partial charge in [0, 0.05) is 24.9 Å². The van der Waals surface area contributed by atoms with Crippen LogP contribution in [-0.4, -0.2) is 41.8 Å². The van der Waals surface area contributed by atoms with Crippen LogP contribution in [0.5, 0.6) is 5.75 Å². The van der Waals surface area contributed by atoms with Gasteiger partial charge in [0.2, 0.25) is 5.91 Å². The number of carbonyl (C=O) groups excluding carboxylic acids is 2. The molecular formula is C17H16FN3O5. The van der Waals surface area contributed by atoms with Crippen LogP contribution in [0.2, 0.25) is 0 Å². The summed E-state index contributed by atoms with van der Waals surface area (Å²) in [7, 11) is 1.42.